The number of hydrogen-bond donors (Lipinski definition) is 1. The first-order valence-electron chi connectivity index (χ1n) is 6.88. The number of halogens is 1. The van der Waals surface area contributed by atoms with Crippen molar-refractivity contribution < 1.29 is 8.42 Å². The highest BCUT2D eigenvalue weighted by atomic mass is 35.5. The van der Waals surface area contributed by atoms with Gasteiger partial charge in [0.05, 0.1) is 15.6 Å². The Labute approximate surface area is 126 Å². The fourth-order valence-electron chi connectivity index (χ4n) is 2.54. The molecule has 1 saturated heterocycles. The van der Waals surface area contributed by atoms with Gasteiger partial charge in [0.15, 0.2) is 0 Å². The van der Waals surface area contributed by atoms with E-state index in [9.17, 15) is 8.42 Å². The first-order chi connectivity index (χ1) is 9.32. The maximum atomic E-state index is 12.7. The van der Waals surface area contributed by atoms with Crippen molar-refractivity contribution in [3.63, 3.8) is 0 Å². The van der Waals surface area contributed by atoms with E-state index in [0.717, 1.165) is 19.3 Å². The van der Waals surface area contributed by atoms with Crippen LogP contribution in [0.15, 0.2) is 17.0 Å². The van der Waals surface area contributed by atoms with E-state index in [0.29, 0.717) is 35.3 Å². The van der Waals surface area contributed by atoms with Gasteiger partial charge in [0.2, 0.25) is 10.0 Å². The van der Waals surface area contributed by atoms with Gasteiger partial charge >= 0.3 is 0 Å². The lowest BCUT2D eigenvalue weighted by atomic mass is 10.0. The number of nitrogens with two attached hydrogens (primary N) is 1. The van der Waals surface area contributed by atoms with Crippen LogP contribution < -0.4 is 5.73 Å². The molecule has 4 nitrogen and oxygen atoms in total. The third kappa shape index (κ3) is 3.10. The number of sulfonamides is 1. The Bertz CT molecular complexity index is 578. The molecule has 0 aromatic heterocycles. The summed E-state index contributed by atoms with van der Waals surface area (Å²) in [7, 11) is -3.48. The summed E-state index contributed by atoms with van der Waals surface area (Å²) in [6, 6.07) is 3.06. The number of nitrogen functional groups attached to an aromatic ring is 1. The molecular weight excluding hydrogens is 296 g/mol. The van der Waals surface area contributed by atoms with Gasteiger partial charge in [0.25, 0.3) is 0 Å². The van der Waals surface area contributed by atoms with Crippen molar-refractivity contribution in [2.75, 3.05) is 18.8 Å². The maximum Gasteiger partial charge on any atom is 0.243 e. The average Bonchev–Trinajstić information content (AvgIpc) is 2.60. The molecule has 112 valence electrons. The quantitative estimate of drug-likeness (QED) is 0.853. The van der Waals surface area contributed by atoms with Crippen LogP contribution in [0.5, 0.6) is 0 Å². The summed E-state index contributed by atoms with van der Waals surface area (Å²) < 4.78 is 26.9. The smallest absolute Gasteiger partial charge is 0.243 e. The first-order valence-corrected chi connectivity index (χ1v) is 8.70. The zero-order chi connectivity index (χ0) is 14.9. The van der Waals surface area contributed by atoms with Crippen LogP contribution in [0, 0.1) is 12.8 Å². The van der Waals surface area contributed by atoms with E-state index >= 15 is 0 Å². The standard InChI is InChI=1S/C14H21ClN2O2S/c1-10-4-3-6-17(7-5-10)20(18,19)12-8-11(2)14(15)13(16)9-12/h8-10H,3-7,16H2,1-2H3. The van der Waals surface area contributed by atoms with E-state index in [-0.39, 0.29) is 4.90 Å². The van der Waals surface area contributed by atoms with Crippen molar-refractivity contribution in [3.8, 4) is 0 Å². The number of hydrogen-bond acceptors (Lipinski definition) is 3. The number of benzene rings is 1. The van der Waals surface area contributed by atoms with E-state index in [1.54, 1.807) is 17.3 Å². The third-order valence-corrected chi connectivity index (χ3v) is 6.26. The van der Waals surface area contributed by atoms with Crippen LogP contribution in [0.2, 0.25) is 5.02 Å². The Balaban J connectivity index is 2.35. The van der Waals surface area contributed by atoms with Crippen molar-refractivity contribution in [2.45, 2.75) is 38.0 Å². The molecule has 20 heavy (non-hydrogen) atoms. The second-order valence-corrected chi connectivity index (χ2v) is 7.90. The average molecular weight is 317 g/mol. The van der Waals surface area contributed by atoms with Crippen molar-refractivity contribution in [1.29, 1.82) is 0 Å². The number of anilines is 1. The van der Waals surface area contributed by atoms with Crippen LogP contribution >= 0.6 is 11.6 Å². The molecule has 1 aromatic carbocycles. The molecule has 2 N–H and O–H groups in total. The second-order valence-electron chi connectivity index (χ2n) is 5.58. The molecule has 1 unspecified atom stereocenters. The lowest BCUT2D eigenvalue weighted by molar-refractivity contribution is 0.417. The molecule has 0 saturated carbocycles. The monoisotopic (exact) mass is 316 g/mol. The molecule has 1 atom stereocenters. The van der Waals surface area contributed by atoms with E-state index < -0.39 is 10.0 Å². The zero-order valence-corrected chi connectivity index (χ0v) is 13.5. The molecule has 1 aliphatic rings. The zero-order valence-electron chi connectivity index (χ0n) is 11.9. The molecule has 2 rings (SSSR count). The van der Waals surface area contributed by atoms with Crippen LogP contribution in [0.4, 0.5) is 5.69 Å². The van der Waals surface area contributed by atoms with E-state index in [1.165, 1.54) is 6.07 Å². The Hall–Kier alpha value is -0.780. The van der Waals surface area contributed by atoms with Gasteiger partial charge in [-0.3, -0.25) is 0 Å². The summed E-state index contributed by atoms with van der Waals surface area (Å²) in [6.07, 6.45) is 2.89. The molecule has 1 heterocycles. The largest absolute Gasteiger partial charge is 0.397 e. The van der Waals surface area contributed by atoms with Gasteiger partial charge in [-0.1, -0.05) is 18.5 Å². The molecule has 6 heteroatoms. The van der Waals surface area contributed by atoms with Crippen molar-refractivity contribution >= 4 is 27.3 Å². The van der Waals surface area contributed by atoms with Crippen molar-refractivity contribution in [3.05, 3.63) is 22.7 Å². The van der Waals surface area contributed by atoms with Gasteiger partial charge in [0.1, 0.15) is 0 Å². The van der Waals surface area contributed by atoms with Crippen molar-refractivity contribution in [2.24, 2.45) is 5.92 Å². The molecule has 0 amide bonds. The summed E-state index contributed by atoms with van der Waals surface area (Å²) in [4.78, 5) is 0.242. The minimum absolute atomic E-state index is 0.242. The Kier molecular flexibility index (Phi) is 4.62. The van der Waals surface area contributed by atoms with Crippen LogP contribution in [0.1, 0.15) is 31.7 Å². The SMILES string of the molecule is Cc1cc(S(=O)(=O)N2CCCC(C)CC2)cc(N)c1Cl. The summed E-state index contributed by atoms with van der Waals surface area (Å²) in [5, 5.41) is 0.424. The van der Waals surface area contributed by atoms with Crippen LogP contribution in [0.3, 0.4) is 0 Å². The molecule has 1 aliphatic heterocycles. The number of nitrogens with zero attached hydrogens (tertiary/aromatic N) is 1. The van der Waals surface area contributed by atoms with Gasteiger partial charge in [-0.2, -0.15) is 4.31 Å². The highest BCUT2D eigenvalue weighted by Crippen LogP contribution is 2.29. The normalized spacial score (nSPS) is 21.6. The lowest BCUT2D eigenvalue weighted by Crippen LogP contribution is -2.32. The maximum absolute atomic E-state index is 12.7. The molecule has 0 aliphatic carbocycles. The Morgan fingerprint density at radius 1 is 1.30 bits per heavy atom. The summed E-state index contributed by atoms with van der Waals surface area (Å²) >= 11 is 6.00. The predicted molar refractivity (Wildman–Crippen MR) is 82.4 cm³/mol. The lowest BCUT2D eigenvalue weighted by Gasteiger charge is -2.21. The van der Waals surface area contributed by atoms with Crippen molar-refractivity contribution in [1.82, 2.24) is 4.31 Å². The van der Waals surface area contributed by atoms with Crippen LogP contribution in [-0.2, 0) is 10.0 Å². The Morgan fingerprint density at radius 3 is 2.65 bits per heavy atom. The fourth-order valence-corrected chi connectivity index (χ4v) is 4.26. The molecular formula is C14H21ClN2O2S. The fraction of sp³-hybridized carbons (Fsp3) is 0.571. The van der Waals surface area contributed by atoms with Crippen LogP contribution in [0.25, 0.3) is 0 Å². The van der Waals surface area contributed by atoms with Gasteiger partial charge < -0.3 is 5.73 Å². The second kappa shape index (κ2) is 5.92. The van der Waals surface area contributed by atoms with Gasteiger partial charge in [-0.25, -0.2) is 8.42 Å². The minimum Gasteiger partial charge on any atom is -0.397 e. The van der Waals surface area contributed by atoms with Crippen LogP contribution in [-0.4, -0.2) is 25.8 Å². The molecule has 1 fully saturated rings. The minimum atomic E-state index is -3.48. The van der Waals surface area contributed by atoms with E-state index in [2.05, 4.69) is 6.92 Å². The Morgan fingerprint density at radius 2 is 2.00 bits per heavy atom. The van der Waals surface area contributed by atoms with Gasteiger partial charge in [-0.05, 0) is 49.8 Å². The number of rotatable bonds is 2. The summed E-state index contributed by atoms with van der Waals surface area (Å²) in [5.74, 6) is 0.576. The summed E-state index contributed by atoms with van der Waals surface area (Å²) in [6.45, 7) is 5.09. The summed E-state index contributed by atoms with van der Waals surface area (Å²) in [5.41, 5.74) is 6.79. The predicted octanol–water partition coefficient (Wildman–Crippen LogP) is 3.04. The van der Waals surface area contributed by atoms with Gasteiger partial charge in [-0.15, -0.1) is 0 Å². The van der Waals surface area contributed by atoms with E-state index in [1.807, 2.05) is 0 Å². The highest BCUT2D eigenvalue weighted by molar-refractivity contribution is 7.89. The molecule has 0 spiro atoms. The first kappa shape index (κ1) is 15.6. The topological polar surface area (TPSA) is 63.4 Å². The van der Waals surface area contributed by atoms with Gasteiger partial charge in [0, 0.05) is 13.1 Å². The highest BCUT2D eigenvalue weighted by Gasteiger charge is 2.27. The number of aryl methyl sites for hydroxylation is 1. The molecule has 0 bridgehead atoms. The molecule has 0 radical (unpaired) electrons. The molecule has 1 aromatic rings. The van der Waals surface area contributed by atoms with E-state index in [4.69, 9.17) is 17.3 Å². The third-order valence-electron chi connectivity index (χ3n) is 3.87.